The predicted octanol–water partition coefficient (Wildman–Crippen LogP) is 1.59. The van der Waals surface area contributed by atoms with Crippen LogP contribution in [0.3, 0.4) is 0 Å². The Kier molecular flexibility index (Phi) is 6.24. The van der Waals surface area contributed by atoms with Crippen LogP contribution in [-0.4, -0.2) is 49.1 Å². The maximum absolute atomic E-state index is 11.8. The molecule has 112 valence electrons. The number of carbonyl (C=O) groups excluding carboxylic acids is 1. The molecule has 1 aromatic heterocycles. The first-order valence-corrected chi connectivity index (χ1v) is 6.78. The molecule has 1 aromatic rings. The Balaban J connectivity index is 2.72. The summed E-state index contributed by atoms with van der Waals surface area (Å²) >= 11 is 0. The van der Waals surface area contributed by atoms with Crippen LogP contribution in [-0.2, 0) is 4.74 Å². The van der Waals surface area contributed by atoms with Crippen molar-refractivity contribution in [2.24, 2.45) is 0 Å². The lowest BCUT2D eigenvalue weighted by Gasteiger charge is -2.17. The predicted molar refractivity (Wildman–Crippen MR) is 80.9 cm³/mol. The summed E-state index contributed by atoms with van der Waals surface area (Å²) in [5.41, 5.74) is 6.43. The van der Waals surface area contributed by atoms with Gasteiger partial charge in [0.15, 0.2) is 0 Å². The van der Waals surface area contributed by atoms with Crippen LogP contribution < -0.4 is 11.1 Å². The number of hydrogen-bond acceptors (Lipinski definition) is 6. The molecule has 0 fully saturated rings. The van der Waals surface area contributed by atoms with Crippen molar-refractivity contribution in [2.75, 3.05) is 38.3 Å². The molecule has 0 aliphatic rings. The zero-order valence-electron chi connectivity index (χ0n) is 12.6. The fourth-order valence-electron chi connectivity index (χ4n) is 1.71. The summed E-state index contributed by atoms with van der Waals surface area (Å²) in [5.74, 6) is 0.213. The first kappa shape index (κ1) is 16.2. The minimum Gasteiger partial charge on any atom is -0.462 e. The maximum atomic E-state index is 11.8. The smallest absolute Gasteiger partial charge is 0.340 e. The van der Waals surface area contributed by atoms with Gasteiger partial charge in [0.25, 0.3) is 0 Å². The fourth-order valence-corrected chi connectivity index (χ4v) is 1.71. The molecule has 20 heavy (non-hydrogen) atoms. The lowest BCUT2D eigenvalue weighted by atomic mass is 10.2. The molecule has 1 unspecified atom stereocenters. The summed E-state index contributed by atoms with van der Waals surface area (Å²) in [6.07, 6.45) is 2.46. The number of anilines is 2. The monoisotopic (exact) mass is 280 g/mol. The first-order chi connectivity index (χ1) is 9.43. The van der Waals surface area contributed by atoms with E-state index >= 15 is 0 Å². The van der Waals surface area contributed by atoms with Crippen LogP contribution >= 0.6 is 0 Å². The lowest BCUT2D eigenvalue weighted by molar-refractivity contribution is 0.0527. The van der Waals surface area contributed by atoms with Gasteiger partial charge in [0.1, 0.15) is 5.82 Å². The van der Waals surface area contributed by atoms with Crippen molar-refractivity contribution in [1.29, 1.82) is 0 Å². The number of hydrogen-bond donors (Lipinski definition) is 2. The van der Waals surface area contributed by atoms with E-state index in [1.807, 2.05) is 14.1 Å². The number of aromatic nitrogens is 1. The summed E-state index contributed by atoms with van der Waals surface area (Å²) in [5, 5.41) is 3.26. The molecule has 0 aliphatic heterocycles. The highest BCUT2D eigenvalue weighted by Gasteiger charge is 2.13. The third-order valence-electron chi connectivity index (χ3n) is 2.83. The van der Waals surface area contributed by atoms with Crippen LogP contribution in [0.5, 0.6) is 0 Å². The molecule has 6 nitrogen and oxygen atoms in total. The second-order valence-electron chi connectivity index (χ2n) is 5.01. The second kappa shape index (κ2) is 7.69. The first-order valence-electron chi connectivity index (χ1n) is 6.78. The molecule has 1 rings (SSSR count). The number of nitrogens with two attached hydrogens (primary N) is 1. The molecule has 0 radical (unpaired) electrons. The molecule has 6 heteroatoms. The van der Waals surface area contributed by atoms with E-state index in [0.29, 0.717) is 23.7 Å². The molecular formula is C14H24N4O2. The van der Waals surface area contributed by atoms with Crippen molar-refractivity contribution >= 4 is 17.5 Å². The van der Waals surface area contributed by atoms with Crippen molar-refractivity contribution in [3.63, 3.8) is 0 Å². The largest absolute Gasteiger partial charge is 0.462 e. The number of nitrogens with one attached hydrogen (secondary N) is 1. The molecule has 3 N–H and O–H groups in total. The number of carbonyl (C=O) groups is 1. The van der Waals surface area contributed by atoms with E-state index in [-0.39, 0.29) is 6.04 Å². The van der Waals surface area contributed by atoms with Gasteiger partial charge < -0.3 is 20.7 Å². The molecule has 0 saturated carbocycles. The Morgan fingerprint density at radius 3 is 2.85 bits per heavy atom. The summed E-state index contributed by atoms with van der Waals surface area (Å²) in [7, 11) is 4.07. The average molecular weight is 280 g/mol. The molecule has 0 spiro atoms. The lowest BCUT2D eigenvalue weighted by Crippen LogP contribution is -2.23. The normalized spacial score (nSPS) is 12.2. The number of ether oxygens (including phenoxy) is 1. The molecule has 0 aliphatic carbocycles. The van der Waals surface area contributed by atoms with Crippen LogP contribution in [0.25, 0.3) is 0 Å². The quantitative estimate of drug-likeness (QED) is 0.738. The van der Waals surface area contributed by atoms with Gasteiger partial charge in [-0.3, -0.25) is 0 Å². The van der Waals surface area contributed by atoms with Gasteiger partial charge in [-0.05, 0) is 47.0 Å². The molecule has 0 bridgehead atoms. The van der Waals surface area contributed by atoms with E-state index in [1.54, 1.807) is 13.0 Å². The van der Waals surface area contributed by atoms with Gasteiger partial charge in [0, 0.05) is 6.04 Å². The van der Waals surface area contributed by atoms with Crippen LogP contribution in [0.4, 0.5) is 11.5 Å². The molecule has 0 saturated heterocycles. The van der Waals surface area contributed by atoms with Crippen LogP contribution in [0.15, 0.2) is 12.3 Å². The van der Waals surface area contributed by atoms with Crippen LogP contribution in [0, 0.1) is 0 Å². The zero-order valence-corrected chi connectivity index (χ0v) is 12.6. The third kappa shape index (κ3) is 5.05. The Morgan fingerprint density at radius 1 is 1.55 bits per heavy atom. The van der Waals surface area contributed by atoms with Crippen molar-refractivity contribution in [2.45, 2.75) is 26.3 Å². The molecular weight excluding hydrogens is 256 g/mol. The second-order valence-corrected chi connectivity index (χ2v) is 5.01. The molecule has 0 aromatic carbocycles. The van der Waals surface area contributed by atoms with Crippen LogP contribution in [0.1, 0.15) is 30.6 Å². The summed E-state index contributed by atoms with van der Waals surface area (Å²) in [6, 6.07) is 1.89. The van der Waals surface area contributed by atoms with Crippen molar-refractivity contribution in [3.05, 3.63) is 17.8 Å². The Labute approximate surface area is 120 Å². The Bertz CT molecular complexity index is 449. The van der Waals surface area contributed by atoms with Gasteiger partial charge in [-0.25, -0.2) is 9.78 Å². The number of nitrogens with zero attached hydrogens (tertiary/aromatic N) is 2. The Morgan fingerprint density at radius 2 is 2.25 bits per heavy atom. The van der Waals surface area contributed by atoms with Crippen molar-refractivity contribution in [1.82, 2.24) is 9.88 Å². The van der Waals surface area contributed by atoms with E-state index in [2.05, 4.69) is 22.1 Å². The Hall–Kier alpha value is -1.82. The maximum Gasteiger partial charge on any atom is 0.340 e. The number of esters is 1. The third-order valence-corrected chi connectivity index (χ3v) is 2.83. The minimum absolute atomic E-state index is 0.253. The van der Waals surface area contributed by atoms with Gasteiger partial charge in [-0.2, -0.15) is 0 Å². The zero-order chi connectivity index (χ0) is 15.1. The average Bonchev–Trinajstić information content (AvgIpc) is 2.39. The van der Waals surface area contributed by atoms with E-state index in [4.69, 9.17) is 10.5 Å². The number of nitrogen functional groups attached to an aromatic ring is 1. The van der Waals surface area contributed by atoms with Gasteiger partial charge in [0.05, 0.1) is 24.1 Å². The fraction of sp³-hybridized carbons (Fsp3) is 0.571. The standard InChI is InChI=1S/C14H24N4O2/c1-5-20-14(19)11-8-13(16-9-12(11)15)17-10(2)6-7-18(3)4/h8-10H,5-7,15H2,1-4H3,(H,16,17). The van der Waals surface area contributed by atoms with E-state index < -0.39 is 5.97 Å². The van der Waals surface area contributed by atoms with E-state index in [9.17, 15) is 4.79 Å². The highest BCUT2D eigenvalue weighted by atomic mass is 16.5. The molecule has 1 heterocycles. The SMILES string of the molecule is CCOC(=O)c1cc(NC(C)CCN(C)C)ncc1N. The minimum atomic E-state index is -0.420. The van der Waals surface area contributed by atoms with Gasteiger partial charge in [-0.1, -0.05) is 0 Å². The van der Waals surface area contributed by atoms with Gasteiger partial charge in [-0.15, -0.1) is 0 Å². The topological polar surface area (TPSA) is 80.5 Å². The summed E-state index contributed by atoms with van der Waals surface area (Å²) < 4.78 is 4.97. The van der Waals surface area contributed by atoms with E-state index in [0.717, 1.165) is 13.0 Å². The number of rotatable bonds is 7. The van der Waals surface area contributed by atoms with Gasteiger partial charge in [0.2, 0.25) is 0 Å². The van der Waals surface area contributed by atoms with Crippen molar-refractivity contribution in [3.8, 4) is 0 Å². The van der Waals surface area contributed by atoms with Crippen LogP contribution in [0.2, 0.25) is 0 Å². The molecule has 1 atom stereocenters. The van der Waals surface area contributed by atoms with Gasteiger partial charge >= 0.3 is 5.97 Å². The summed E-state index contributed by atoms with van der Waals surface area (Å²) in [6.45, 7) is 5.14. The highest BCUT2D eigenvalue weighted by Crippen LogP contribution is 2.17. The molecule has 0 amide bonds. The van der Waals surface area contributed by atoms with Crippen molar-refractivity contribution < 1.29 is 9.53 Å². The number of pyridine rings is 1. The summed E-state index contributed by atoms with van der Waals surface area (Å²) in [4.78, 5) is 18.1. The van der Waals surface area contributed by atoms with E-state index in [1.165, 1.54) is 6.20 Å². The highest BCUT2D eigenvalue weighted by molar-refractivity contribution is 5.95.